The minimum absolute atomic E-state index is 0.0122. The van der Waals surface area contributed by atoms with Crippen molar-refractivity contribution in [2.45, 2.75) is 142 Å². The quantitative estimate of drug-likeness (QED) is 0.0312. The van der Waals surface area contributed by atoms with Crippen LogP contribution in [0.3, 0.4) is 0 Å². The maximum atomic E-state index is 15.1. The van der Waals surface area contributed by atoms with E-state index in [1.54, 1.807) is 121 Å². The minimum atomic E-state index is -1.41. The first-order valence-corrected chi connectivity index (χ1v) is 27.1. The van der Waals surface area contributed by atoms with Gasteiger partial charge in [0, 0.05) is 64.6 Å². The highest BCUT2D eigenvalue weighted by Gasteiger charge is 2.37. The summed E-state index contributed by atoms with van der Waals surface area (Å²) in [5.74, 6) is -3.01. The van der Waals surface area contributed by atoms with Gasteiger partial charge in [0.05, 0.1) is 0 Å². The Bertz CT molecular complexity index is 2790. The fraction of sp³-hybridized carbons (Fsp3) is 0.458. The van der Waals surface area contributed by atoms with Gasteiger partial charge in [-0.25, -0.2) is 19.2 Å². The summed E-state index contributed by atoms with van der Waals surface area (Å²) in [5.41, 5.74) is 1.40. The summed E-state index contributed by atoms with van der Waals surface area (Å²) >= 11 is 0. The van der Waals surface area contributed by atoms with Crippen molar-refractivity contribution in [2.75, 3.05) is 32.7 Å². The molecular weight excluding hydrogens is 1040 g/mol. The lowest BCUT2D eigenvalue weighted by atomic mass is 9.95. The van der Waals surface area contributed by atoms with Crippen LogP contribution in [0.2, 0.25) is 0 Å². The van der Waals surface area contributed by atoms with Crippen molar-refractivity contribution in [3.05, 3.63) is 119 Å². The second kappa shape index (κ2) is 30.1. The van der Waals surface area contributed by atoms with Gasteiger partial charge < -0.3 is 71.2 Å². The second-order valence-electron chi connectivity index (χ2n) is 21.6. The Kier molecular flexibility index (Phi) is 23.5. The molecule has 22 heteroatoms. The number of carboxylic acid groups (broad SMARTS) is 1. The summed E-state index contributed by atoms with van der Waals surface area (Å²) in [4.78, 5) is 111. The number of fused-ring (bicyclic) bond motifs is 5. The fourth-order valence-electron chi connectivity index (χ4n) is 8.87. The molecule has 0 aromatic heterocycles. The van der Waals surface area contributed by atoms with Crippen molar-refractivity contribution in [1.29, 1.82) is 0 Å². The number of phenols is 2. The first-order valence-electron chi connectivity index (χ1n) is 27.1. The molecule has 0 saturated heterocycles. The average molecular weight is 1120 g/mol. The molecule has 81 heavy (non-hydrogen) atoms. The number of hydrogen-bond donors (Lipinski definition) is 9. The number of nitrogens with zero attached hydrogens (tertiary/aromatic N) is 2. The zero-order chi connectivity index (χ0) is 59.3. The highest BCUT2D eigenvalue weighted by molar-refractivity contribution is 5.94. The summed E-state index contributed by atoms with van der Waals surface area (Å²) in [7, 11) is 0. The van der Waals surface area contributed by atoms with Gasteiger partial charge in [0.25, 0.3) is 0 Å². The van der Waals surface area contributed by atoms with Crippen LogP contribution in [0.25, 0.3) is 11.1 Å². The third-order valence-corrected chi connectivity index (χ3v) is 12.8. The Balaban J connectivity index is 1.41. The summed E-state index contributed by atoms with van der Waals surface area (Å²) < 4.78 is 16.3. The smallest absolute Gasteiger partial charge is 0.408 e. The molecule has 0 spiro atoms. The number of hydrogen-bond acceptors (Lipinski definition) is 13. The normalized spacial score (nSPS) is 16.0. The molecule has 0 fully saturated rings. The number of alkyl carbamates (subject to hydrolysis) is 3. The maximum absolute atomic E-state index is 15.1. The van der Waals surface area contributed by atoms with Crippen molar-refractivity contribution in [3.8, 4) is 22.6 Å². The van der Waals surface area contributed by atoms with E-state index in [4.69, 9.17) is 14.2 Å². The first kappa shape index (κ1) is 63.3. The molecule has 5 rings (SSSR count). The van der Waals surface area contributed by atoms with Crippen LogP contribution >= 0.6 is 0 Å². The molecule has 22 nitrogen and oxygen atoms in total. The Morgan fingerprint density at radius 2 is 1.30 bits per heavy atom. The third kappa shape index (κ3) is 21.5. The van der Waals surface area contributed by atoms with Gasteiger partial charge in [-0.1, -0.05) is 72.8 Å². The number of ether oxygens (including phenoxy) is 3. The van der Waals surface area contributed by atoms with E-state index in [-0.39, 0.29) is 113 Å². The average Bonchev–Trinajstić information content (AvgIpc) is 3.49. The van der Waals surface area contributed by atoms with Crippen molar-refractivity contribution in [1.82, 2.24) is 41.7 Å². The van der Waals surface area contributed by atoms with Crippen LogP contribution in [-0.4, -0.2) is 141 Å². The molecular formula is C59H78N8O14. The topological polar surface area (TPSA) is 304 Å². The Morgan fingerprint density at radius 3 is 1.89 bits per heavy atom. The zero-order valence-corrected chi connectivity index (χ0v) is 47.2. The summed E-state index contributed by atoms with van der Waals surface area (Å²) in [6.45, 7) is 11.7. The van der Waals surface area contributed by atoms with Gasteiger partial charge in [0.2, 0.25) is 23.6 Å². The first-order chi connectivity index (χ1) is 38.4. The molecule has 4 aromatic carbocycles. The number of phenolic OH excluding ortho intramolecular Hbond substituents is 2. The largest absolute Gasteiger partial charge is 0.508 e. The zero-order valence-electron chi connectivity index (χ0n) is 47.2. The molecule has 4 atom stereocenters. The molecule has 0 aliphatic carbocycles. The van der Waals surface area contributed by atoms with E-state index < -0.39 is 83.4 Å². The number of rotatable bonds is 21. The summed E-state index contributed by atoms with van der Waals surface area (Å²) in [5, 5.41) is 48.7. The predicted octanol–water partition coefficient (Wildman–Crippen LogP) is 6.64. The van der Waals surface area contributed by atoms with Crippen molar-refractivity contribution >= 4 is 48.0 Å². The molecule has 4 bridgehead atoms. The van der Waals surface area contributed by atoms with Crippen LogP contribution in [0.4, 0.5) is 19.2 Å². The van der Waals surface area contributed by atoms with E-state index in [9.17, 15) is 48.9 Å². The number of amides is 8. The number of carbonyl (C=O) groups excluding carboxylic acids is 7. The number of likely N-dealkylation sites (N-methyl/N-ethyl adjacent to an activating group) is 1. The Labute approximate surface area is 472 Å². The van der Waals surface area contributed by atoms with Crippen LogP contribution in [0.15, 0.2) is 97.1 Å². The molecule has 1 aliphatic rings. The standard InChI is InChI=1S/C59H78N8O14/c1-8-67-47(52(72)61-27-15-21-44(63-55(75)79-37-39-19-13-10-14-20-39)35-50(70)60-29-30-66(57(77)78)36-38-17-11-9-12-18-38)34-43-32-41(24-26-49(43)69)40-23-25-48(68)42(31-40)33-46(65-56(76)81-59(5,6)7)51(71)64-45(53(67)73)22-16-28-62-54(74)80-58(2,3)4/h9-14,17-20,23-26,31-32,44-47,68-69H,8,15-16,21-22,27-30,33-37H2,1-7H3,(H,60,70)(H,61,72)(H,62,74)(H,63,75)(H,64,71)(H,65,76)(H,77,78)/t44-,45-,46-,47-/m0/s1. The summed E-state index contributed by atoms with van der Waals surface area (Å²) in [6, 6.07) is 22.5. The molecule has 9 N–H and O–H groups in total. The summed E-state index contributed by atoms with van der Waals surface area (Å²) in [6.07, 6.45) is -3.92. The highest BCUT2D eigenvalue weighted by atomic mass is 16.6. The van der Waals surface area contributed by atoms with Crippen LogP contribution in [0.5, 0.6) is 11.5 Å². The molecule has 1 aliphatic heterocycles. The monoisotopic (exact) mass is 1120 g/mol. The molecule has 1 heterocycles. The molecule has 8 amide bonds. The van der Waals surface area contributed by atoms with Gasteiger partial charge >= 0.3 is 24.4 Å². The van der Waals surface area contributed by atoms with E-state index in [1.165, 1.54) is 21.9 Å². The van der Waals surface area contributed by atoms with Crippen molar-refractivity contribution in [3.63, 3.8) is 0 Å². The lowest BCUT2D eigenvalue weighted by Crippen LogP contribution is -2.59. The van der Waals surface area contributed by atoms with Gasteiger partial charge in [-0.3, -0.25) is 19.2 Å². The Morgan fingerprint density at radius 1 is 0.716 bits per heavy atom. The highest BCUT2D eigenvalue weighted by Crippen LogP contribution is 2.32. The van der Waals surface area contributed by atoms with Gasteiger partial charge in [-0.15, -0.1) is 0 Å². The molecule has 4 aromatic rings. The van der Waals surface area contributed by atoms with Crippen LogP contribution in [0.1, 0.15) is 103 Å². The molecule has 438 valence electrons. The van der Waals surface area contributed by atoms with Crippen LogP contribution in [0, 0.1) is 0 Å². The maximum Gasteiger partial charge on any atom is 0.408 e. The number of nitrogens with one attached hydrogen (secondary N) is 6. The Hall–Kier alpha value is -8.56. The molecule has 0 unspecified atom stereocenters. The minimum Gasteiger partial charge on any atom is -0.508 e. The lowest BCUT2D eigenvalue weighted by Gasteiger charge is -2.34. The number of carbonyl (C=O) groups is 8. The SMILES string of the molecule is CCN1C(=O)[C@H](CCCNC(=O)OC(C)(C)C)NC(=O)[C@@H](NC(=O)OC(C)(C)C)Cc2cc(ccc2O)-c2ccc(O)c(c2)C[C@H]1C(=O)NCCC[C@@H](CC(=O)NCCN(Cc1ccccc1)C(=O)O)NC(=O)OCc1ccccc1. The van der Waals surface area contributed by atoms with Crippen LogP contribution in [-0.2, 0) is 59.4 Å². The fourth-order valence-corrected chi connectivity index (χ4v) is 8.87. The third-order valence-electron chi connectivity index (χ3n) is 12.8. The lowest BCUT2D eigenvalue weighted by molar-refractivity contribution is -0.143. The van der Waals surface area contributed by atoms with E-state index in [2.05, 4.69) is 31.9 Å². The second-order valence-corrected chi connectivity index (χ2v) is 21.6. The van der Waals surface area contributed by atoms with E-state index in [0.717, 1.165) is 11.1 Å². The van der Waals surface area contributed by atoms with Gasteiger partial charge in [-0.05, 0) is 132 Å². The van der Waals surface area contributed by atoms with Crippen molar-refractivity contribution < 1.29 is 67.9 Å². The van der Waals surface area contributed by atoms with E-state index in [1.807, 2.05) is 12.1 Å². The van der Waals surface area contributed by atoms with Gasteiger partial charge in [0.15, 0.2) is 0 Å². The van der Waals surface area contributed by atoms with Crippen molar-refractivity contribution in [2.24, 2.45) is 0 Å². The van der Waals surface area contributed by atoms with Gasteiger partial charge in [-0.2, -0.15) is 0 Å². The number of benzene rings is 4. The van der Waals surface area contributed by atoms with E-state index in [0.29, 0.717) is 11.1 Å². The van der Waals surface area contributed by atoms with Gasteiger partial charge in [0.1, 0.15) is 47.4 Å². The number of aromatic hydroxyl groups is 2. The molecule has 0 saturated carbocycles. The van der Waals surface area contributed by atoms with Crippen LogP contribution < -0.4 is 31.9 Å². The predicted molar refractivity (Wildman–Crippen MR) is 301 cm³/mol. The molecule has 0 radical (unpaired) electrons. The van der Waals surface area contributed by atoms with E-state index >= 15 is 4.79 Å².